The van der Waals surface area contributed by atoms with E-state index in [-0.39, 0.29) is 5.91 Å². The van der Waals surface area contributed by atoms with Crippen molar-refractivity contribution < 1.29 is 4.79 Å². The number of carbonyl (C=O) groups is 1. The van der Waals surface area contributed by atoms with E-state index in [1.807, 2.05) is 24.3 Å². The fourth-order valence-corrected chi connectivity index (χ4v) is 5.04. The van der Waals surface area contributed by atoms with Crippen LogP contribution < -0.4 is 0 Å². The van der Waals surface area contributed by atoms with Crippen LogP contribution in [-0.2, 0) is 4.79 Å². The molecular formula is C19H25N5OS. The summed E-state index contributed by atoms with van der Waals surface area (Å²) in [4.78, 5) is 15.0. The molecule has 1 saturated heterocycles. The molecule has 1 saturated carbocycles. The van der Waals surface area contributed by atoms with Crippen molar-refractivity contribution in [3.05, 3.63) is 29.8 Å². The average Bonchev–Trinajstić information content (AvgIpc) is 3.15. The molecule has 2 aromatic rings. The van der Waals surface area contributed by atoms with Crippen molar-refractivity contribution in [2.45, 2.75) is 56.6 Å². The number of piperidine rings is 1. The summed E-state index contributed by atoms with van der Waals surface area (Å²) in [5, 5.41) is 12.6. The minimum Gasteiger partial charge on any atom is -0.339 e. The Morgan fingerprint density at radius 2 is 1.92 bits per heavy atom. The van der Waals surface area contributed by atoms with E-state index in [1.165, 1.54) is 49.4 Å². The van der Waals surface area contributed by atoms with Crippen LogP contribution in [0.5, 0.6) is 0 Å². The molecule has 0 N–H and O–H groups in total. The summed E-state index contributed by atoms with van der Waals surface area (Å²) >= 11 is 1.43. The zero-order valence-corrected chi connectivity index (χ0v) is 16.0. The van der Waals surface area contributed by atoms with Crippen molar-refractivity contribution >= 4 is 17.7 Å². The zero-order chi connectivity index (χ0) is 17.9. The molecule has 1 amide bonds. The quantitative estimate of drug-likeness (QED) is 0.772. The van der Waals surface area contributed by atoms with Gasteiger partial charge in [0.05, 0.1) is 11.4 Å². The Morgan fingerprint density at radius 3 is 2.77 bits per heavy atom. The fourth-order valence-electron chi connectivity index (χ4n) is 4.26. The Hall–Kier alpha value is -1.89. The van der Waals surface area contributed by atoms with Crippen LogP contribution in [-0.4, -0.2) is 49.4 Å². The Bertz CT molecular complexity index is 758. The SMILES string of the molecule is Cc1ccc(-n2nnnc2SCC(=O)N2CCC[C@H]3CCCC[C@H]32)cc1. The molecule has 1 aliphatic heterocycles. The predicted molar refractivity (Wildman–Crippen MR) is 101 cm³/mol. The van der Waals surface area contributed by atoms with Crippen LogP contribution in [0.4, 0.5) is 0 Å². The van der Waals surface area contributed by atoms with Gasteiger partial charge >= 0.3 is 0 Å². The third-order valence-corrected chi connectivity index (χ3v) is 6.51. The Morgan fingerprint density at radius 1 is 1.15 bits per heavy atom. The van der Waals surface area contributed by atoms with Crippen LogP contribution in [0.2, 0.25) is 0 Å². The van der Waals surface area contributed by atoms with Crippen molar-refractivity contribution in [1.82, 2.24) is 25.1 Å². The van der Waals surface area contributed by atoms with Crippen LogP contribution in [0, 0.1) is 12.8 Å². The number of aromatic nitrogens is 4. The summed E-state index contributed by atoms with van der Waals surface area (Å²) in [6, 6.07) is 8.52. The highest BCUT2D eigenvalue weighted by Crippen LogP contribution is 2.35. The lowest BCUT2D eigenvalue weighted by Crippen LogP contribution is -2.50. The molecule has 138 valence electrons. The number of fused-ring (bicyclic) bond motifs is 1. The van der Waals surface area contributed by atoms with Crippen LogP contribution in [0.1, 0.15) is 44.1 Å². The summed E-state index contributed by atoms with van der Waals surface area (Å²) in [6.07, 6.45) is 7.45. The number of amides is 1. The number of tetrazole rings is 1. The van der Waals surface area contributed by atoms with Gasteiger partial charge in [0.25, 0.3) is 0 Å². The lowest BCUT2D eigenvalue weighted by atomic mass is 9.78. The van der Waals surface area contributed by atoms with Gasteiger partial charge in [-0.1, -0.05) is 42.3 Å². The van der Waals surface area contributed by atoms with Gasteiger partial charge in [-0.25, -0.2) is 0 Å². The van der Waals surface area contributed by atoms with Gasteiger partial charge in [0.15, 0.2) is 0 Å². The summed E-state index contributed by atoms with van der Waals surface area (Å²) in [6.45, 7) is 2.96. The van der Waals surface area contributed by atoms with Gasteiger partial charge < -0.3 is 4.90 Å². The number of benzene rings is 1. The molecule has 2 heterocycles. The van der Waals surface area contributed by atoms with Gasteiger partial charge in [-0.2, -0.15) is 4.68 Å². The second-order valence-electron chi connectivity index (χ2n) is 7.34. The molecule has 2 fully saturated rings. The summed E-state index contributed by atoms with van der Waals surface area (Å²) < 4.78 is 1.71. The minimum absolute atomic E-state index is 0.227. The van der Waals surface area contributed by atoms with Gasteiger partial charge in [-0.05, 0) is 61.1 Å². The van der Waals surface area contributed by atoms with E-state index >= 15 is 0 Å². The van der Waals surface area contributed by atoms with Gasteiger partial charge in [0.2, 0.25) is 11.1 Å². The molecule has 0 spiro atoms. The van der Waals surface area contributed by atoms with E-state index in [1.54, 1.807) is 4.68 Å². The highest BCUT2D eigenvalue weighted by atomic mass is 32.2. The molecule has 2 atom stereocenters. The van der Waals surface area contributed by atoms with Crippen LogP contribution in [0.15, 0.2) is 29.4 Å². The summed E-state index contributed by atoms with van der Waals surface area (Å²) in [7, 11) is 0. The second-order valence-corrected chi connectivity index (χ2v) is 8.28. The van der Waals surface area contributed by atoms with E-state index in [4.69, 9.17) is 0 Å². The van der Waals surface area contributed by atoms with E-state index in [0.717, 1.165) is 18.7 Å². The lowest BCUT2D eigenvalue weighted by Gasteiger charge is -2.44. The van der Waals surface area contributed by atoms with E-state index < -0.39 is 0 Å². The number of thioether (sulfide) groups is 1. The fraction of sp³-hybridized carbons (Fsp3) is 0.579. The van der Waals surface area contributed by atoms with Crippen molar-refractivity contribution in [3.8, 4) is 5.69 Å². The normalized spacial score (nSPS) is 22.9. The maximum atomic E-state index is 12.9. The topological polar surface area (TPSA) is 63.9 Å². The number of hydrogen-bond acceptors (Lipinski definition) is 5. The predicted octanol–water partition coefficient (Wildman–Crippen LogP) is 3.24. The molecule has 6 nitrogen and oxygen atoms in total. The van der Waals surface area contributed by atoms with E-state index in [0.29, 0.717) is 22.9 Å². The maximum absolute atomic E-state index is 12.9. The van der Waals surface area contributed by atoms with Crippen LogP contribution >= 0.6 is 11.8 Å². The number of aryl methyl sites for hydroxylation is 1. The molecule has 1 aromatic heterocycles. The third-order valence-electron chi connectivity index (χ3n) is 5.61. The van der Waals surface area contributed by atoms with Crippen molar-refractivity contribution in [2.24, 2.45) is 5.92 Å². The third kappa shape index (κ3) is 3.63. The molecule has 7 heteroatoms. The lowest BCUT2D eigenvalue weighted by molar-refractivity contribution is -0.134. The van der Waals surface area contributed by atoms with E-state index in [9.17, 15) is 4.79 Å². The molecule has 0 radical (unpaired) electrons. The summed E-state index contributed by atoms with van der Waals surface area (Å²) in [5.41, 5.74) is 2.11. The standard InChI is InChI=1S/C19H25N5OS/c1-14-8-10-16(11-9-14)24-19(20-21-22-24)26-13-18(25)23-12-4-6-15-5-2-3-7-17(15)23/h8-11,15,17H,2-7,12-13H2,1H3/t15-,17-/m1/s1. The van der Waals surface area contributed by atoms with Gasteiger partial charge in [0.1, 0.15) is 0 Å². The first-order valence-corrected chi connectivity index (χ1v) is 10.5. The molecular weight excluding hydrogens is 346 g/mol. The average molecular weight is 372 g/mol. The summed E-state index contributed by atoms with van der Waals surface area (Å²) in [5.74, 6) is 1.34. The second kappa shape index (κ2) is 7.78. The monoisotopic (exact) mass is 371 g/mol. The van der Waals surface area contributed by atoms with Gasteiger partial charge in [-0.3, -0.25) is 4.79 Å². The minimum atomic E-state index is 0.227. The molecule has 0 unspecified atom stereocenters. The van der Waals surface area contributed by atoms with Crippen LogP contribution in [0.25, 0.3) is 5.69 Å². The number of rotatable bonds is 4. The molecule has 1 aliphatic carbocycles. The first-order valence-electron chi connectivity index (χ1n) is 9.50. The Kier molecular flexibility index (Phi) is 5.24. The van der Waals surface area contributed by atoms with Crippen molar-refractivity contribution in [1.29, 1.82) is 0 Å². The van der Waals surface area contributed by atoms with Gasteiger partial charge in [-0.15, -0.1) is 5.10 Å². The van der Waals surface area contributed by atoms with Crippen molar-refractivity contribution in [3.63, 3.8) is 0 Å². The Labute approximate surface area is 158 Å². The van der Waals surface area contributed by atoms with E-state index in [2.05, 4.69) is 27.3 Å². The number of hydrogen-bond donors (Lipinski definition) is 0. The molecule has 1 aromatic carbocycles. The highest BCUT2D eigenvalue weighted by Gasteiger charge is 2.35. The largest absolute Gasteiger partial charge is 0.339 e. The highest BCUT2D eigenvalue weighted by molar-refractivity contribution is 7.99. The molecule has 26 heavy (non-hydrogen) atoms. The number of carbonyl (C=O) groups excluding carboxylic acids is 1. The first kappa shape index (κ1) is 17.5. The van der Waals surface area contributed by atoms with Crippen molar-refractivity contribution in [2.75, 3.05) is 12.3 Å². The smallest absolute Gasteiger partial charge is 0.233 e. The molecule has 2 aliphatic rings. The maximum Gasteiger partial charge on any atom is 0.233 e. The number of likely N-dealkylation sites (tertiary alicyclic amines) is 1. The van der Waals surface area contributed by atoms with Crippen LogP contribution in [0.3, 0.4) is 0 Å². The zero-order valence-electron chi connectivity index (χ0n) is 15.2. The number of nitrogens with zero attached hydrogens (tertiary/aromatic N) is 5. The Balaban J connectivity index is 1.42. The first-order chi connectivity index (χ1) is 12.7. The molecule has 0 bridgehead atoms. The molecule has 4 rings (SSSR count). The van der Waals surface area contributed by atoms with Gasteiger partial charge in [0, 0.05) is 12.6 Å².